The molecule has 3 nitrogen and oxygen atoms in total. The lowest BCUT2D eigenvalue weighted by molar-refractivity contribution is 0.669. The highest BCUT2D eigenvalue weighted by Crippen LogP contribution is 2.41. The fourth-order valence-corrected chi connectivity index (χ4v) is 6.28. The van der Waals surface area contributed by atoms with E-state index in [4.69, 9.17) is 8.83 Å². The molecule has 0 aliphatic rings. The predicted molar refractivity (Wildman–Crippen MR) is 171 cm³/mol. The van der Waals surface area contributed by atoms with Crippen LogP contribution in [-0.2, 0) is 0 Å². The normalized spacial score (nSPS) is 11.9. The molecule has 41 heavy (non-hydrogen) atoms. The number of anilines is 3. The Bertz CT molecular complexity index is 2430. The van der Waals surface area contributed by atoms with Crippen LogP contribution in [0.3, 0.4) is 0 Å². The summed E-state index contributed by atoms with van der Waals surface area (Å²) in [6, 6.07) is 48.9. The van der Waals surface area contributed by atoms with E-state index in [2.05, 4.69) is 126 Å². The maximum absolute atomic E-state index is 6.54. The quantitative estimate of drug-likeness (QED) is 0.215. The van der Waals surface area contributed by atoms with E-state index in [9.17, 15) is 0 Å². The Morgan fingerprint density at radius 1 is 0.317 bits per heavy atom. The molecule has 192 valence electrons. The van der Waals surface area contributed by atoms with Gasteiger partial charge in [-0.05, 0) is 76.1 Å². The van der Waals surface area contributed by atoms with E-state index in [0.717, 1.165) is 60.9 Å². The highest BCUT2D eigenvalue weighted by atomic mass is 16.3. The van der Waals surface area contributed by atoms with Gasteiger partial charge in [0.15, 0.2) is 0 Å². The van der Waals surface area contributed by atoms with Gasteiger partial charge in [-0.25, -0.2) is 0 Å². The summed E-state index contributed by atoms with van der Waals surface area (Å²) < 4.78 is 12.8. The minimum atomic E-state index is 0.864. The van der Waals surface area contributed by atoms with Crippen LogP contribution in [0.15, 0.2) is 148 Å². The molecule has 0 atom stereocenters. The Labute approximate surface area is 235 Å². The van der Waals surface area contributed by atoms with Crippen molar-refractivity contribution in [3.8, 4) is 0 Å². The molecule has 0 bridgehead atoms. The first-order chi connectivity index (χ1) is 20.3. The third-order valence-electron chi connectivity index (χ3n) is 8.21. The van der Waals surface area contributed by atoms with Crippen LogP contribution in [0.5, 0.6) is 0 Å². The third-order valence-corrected chi connectivity index (χ3v) is 8.21. The number of para-hydroxylation sites is 2. The first-order valence-electron chi connectivity index (χ1n) is 13.8. The summed E-state index contributed by atoms with van der Waals surface area (Å²) in [5.74, 6) is 0. The van der Waals surface area contributed by atoms with Gasteiger partial charge < -0.3 is 13.7 Å². The number of nitrogens with zero attached hydrogens (tertiary/aromatic N) is 1. The van der Waals surface area contributed by atoms with Crippen molar-refractivity contribution in [1.29, 1.82) is 0 Å². The number of hydrogen-bond acceptors (Lipinski definition) is 3. The molecular formula is C38H23NO2. The van der Waals surface area contributed by atoms with E-state index in [1.807, 2.05) is 18.2 Å². The molecule has 9 rings (SSSR count). The van der Waals surface area contributed by atoms with Gasteiger partial charge in [0.05, 0.1) is 0 Å². The predicted octanol–water partition coefficient (Wildman–Crippen LogP) is 11.3. The molecule has 0 aliphatic carbocycles. The molecule has 2 aromatic heterocycles. The Kier molecular flexibility index (Phi) is 4.61. The molecule has 0 unspecified atom stereocenters. The van der Waals surface area contributed by atoms with E-state index in [1.54, 1.807) is 0 Å². The zero-order valence-corrected chi connectivity index (χ0v) is 22.0. The van der Waals surface area contributed by atoms with Crippen LogP contribution in [0.2, 0.25) is 0 Å². The molecule has 0 fully saturated rings. The van der Waals surface area contributed by atoms with Gasteiger partial charge in [-0.15, -0.1) is 0 Å². The van der Waals surface area contributed by atoms with Gasteiger partial charge >= 0.3 is 0 Å². The van der Waals surface area contributed by atoms with Crippen molar-refractivity contribution >= 4 is 82.5 Å². The summed E-state index contributed by atoms with van der Waals surface area (Å²) in [7, 11) is 0. The molecule has 0 N–H and O–H groups in total. The average molecular weight is 526 g/mol. The smallest absolute Gasteiger partial charge is 0.137 e. The monoisotopic (exact) mass is 525 g/mol. The van der Waals surface area contributed by atoms with E-state index in [0.29, 0.717) is 0 Å². The minimum absolute atomic E-state index is 0.864. The minimum Gasteiger partial charge on any atom is -0.456 e. The molecule has 0 saturated heterocycles. The van der Waals surface area contributed by atoms with E-state index in [-0.39, 0.29) is 0 Å². The van der Waals surface area contributed by atoms with Crippen LogP contribution >= 0.6 is 0 Å². The fourth-order valence-electron chi connectivity index (χ4n) is 6.28. The van der Waals surface area contributed by atoms with Crippen molar-refractivity contribution in [3.63, 3.8) is 0 Å². The summed E-state index contributed by atoms with van der Waals surface area (Å²) in [5, 5.41) is 9.38. The lowest BCUT2D eigenvalue weighted by atomic mass is 10.00. The highest BCUT2D eigenvalue weighted by Gasteiger charge is 2.17. The Morgan fingerprint density at radius 2 is 0.902 bits per heavy atom. The van der Waals surface area contributed by atoms with Crippen molar-refractivity contribution in [2.24, 2.45) is 0 Å². The van der Waals surface area contributed by atoms with Gasteiger partial charge in [-0.3, -0.25) is 0 Å². The zero-order valence-electron chi connectivity index (χ0n) is 22.0. The standard InChI is InChI=1S/C38H23NO2/c1-2-9-26(10-3-1)39(27-16-18-31-30-12-6-7-13-35(30)40-36(31)21-27)28-17-19-32-34-20-25-15-14-24-8-4-5-11-29(24)33(25)23-38(34)41-37(32)22-28/h1-23H. The van der Waals surface area contributed by atoms with Crippen LogP contribution in [-0.4, -0.2) is 0 Å². The van der Waals surface area contributed by atoms with Crippen LogP contribution < -0.4 is 4.90 Å². The van der Waals surface area contributed by atoms with Crippen LogP contribution in [0.4, 0.5) is 17.1 Å². The largest absolute Gasteiger partial charge is 0.456 e. The Hall–Kier alpha value is -5.54. The first kappa shape index (κ1) is 22.3. The number of hydrogen-bond donors (Lipinski definition) is 0. The molecule has 0 aliphatic heterocycles. The highest BCUT2D eigenvalue weighted by molar-refractivity contribution is 6.16. The lowest BCUT2D eigenvalue weighted by Gasteiger charge is -2.25. The van der Waals surface area contributed by atoms with Crippen LogP contribution in [0.1, 0.15) is 0 Å². The SMILES string of the molecule is c1ccc(N(c2ccc3c(c2)oc2ccccc23)c2ccc3c(c2)oc2cc4c(ccc5ccccc54)cc23)cc1. The maximum atomic E-state index is 6.54. The summed E-state index contributed by atoms with van der Waals surface area (Å²) in [4.78, 5) is 2.25. The molecule has 9 aromatic rings. The molecule has 0 saturated carbocycles. The second-order valence-electron chi connectivity index (χ2n) is 10.6. The number of rotatable bonds is 3. The summed E-state index contributed by atoms with van der Waals surface area (Å²) in [6.45, 7) is 0. The summed E-state index contributed by atoms with van der Waals surface area (Å²) in [6.07, 6.45) is 0. The summed E-state index contributed by atoms with van der Waals surface area (Å²) in [5.41, 5.74) is 6.64. The molecule has 0 radical (unpaired) electrons. The van der Waals surface area contributed by atoms with Gasteiger partial charge in [-0.2, -0.15) is 0 Å². The van der Waals surface area contributed by atoms with E-state index >= 15 is 0 Å². The first-order valence-corrected chi connectivity index (χ1v) is 13.8. The van der Waals surface area contributed by atoms with Gasteiger partial charge in [0.1, 0.15) is 22.3 Å². The Balaban J connectivity index is 1.24. The molecule has 7 aromatic carbocycles. The van der Waals surface area contributed by atoms with E-state index < -0.39 is 0 Å². The number of furan rings is 2. The zero-order chi connectivity index (χ0) is 26.9. The van der Waals surface area contributed by atoms with Crippen LogP contribution in [0, 0.1) is 0 Å². The van der Waals surface area contributed by atoms with Gasteiger partial charge in [0, 0.05) is 50.7 Å². The van der Waals surface area contributed by atoms with Gasteiger partial charge in [0.2, 0.25) is 0 Å². The molecule has 0 amide bonds. The molecule has 3 heteroatoms. The van der Waals surface area contributed by atoms with Crippen LogP contribution in [0.25, 0.3) is 65.4 Å². The molecule has 2 heterocycles. The topological polar surface area (TPSA) is 29.5 Å². The second-order valence-corrected chi connectivity index (χ2v) is 10.6. The van der Waals surface area contributed by atoms with Crippen molar-refractivity contribution in [3.05, 3.63) is 140 Å². The maximum Gasteiger partial charge on any atom is 0.137 e. The van der Waals surface area contributed by atoms with Gasteiger partial charge in [-0.1, -0.05) is 72.8 Å². The molecular weight excluding hydrogens is 502 g/mol. The van der Waals surface area contributed by atoms with Crippen molar-refractivity contribution < 1.29 is 8.83 Å². The summed E-state index contributed by atoms with van der Waals surface area (Å²) >= 11 is 0. The van der Waals surface area contributed by atoms with Crippen molar-refractivity contribution in [2.75, 3.05) is 4.90 Å². The third kappa shape index (κ3) is 3.39. The number of benzene rings is 7. The van der Waals surface area contributed by atoms with Gasteiger partial charge in [0.25, 0.3) is 0 Å². The number of fused-ring (bicyclic) bond motifs is 9. The fraction of sp³-hybridized carbons (Fsp3) is 0. The van der Waals surface area contributed by atoms with E-state index in [1.165, 1.54) is 21.5 Å². The second kappa shape index (κ2) is 8.48. The lowest BCUT2D eigenvalue weighted by Crippen LogP contribution is -2.09. The molecule has 0 spiro atoms. The average Bonchev–Trinajstić information content (AvgIpc) is 3.57. The Morgan fingerprint density at radius 3 is 1.71 bits per heavy atom. The van der Waals surface area contributed by atoms with Crippen molar-refractivity contribution in [2.45, 2.75) is 0 Å². The van der Waals surface area contributed by atoms with Crippen molar-refractivity contribution in [1.82, 2.24) is 0 Å².